The molecule has 1 aliphatic rings. The SMILES string of the molecule is CC(C)(O)C(C)(C)O.[B]c1ccc2c(c1)OCO2. The summed E-state index contributed by atoms with van der Waals surface area (Å²) in [6.07, 6.45) is 0. The van der Waals surface area contributed by atoms with E-state index in [-0.39, 0.29) is 0 Å². The van der Waals surface area contributed by atoms with Crippen molar-refractivity contribution in [2.75, 3.05) is 6.79 Å². The summed E-state index contributed by atoms with van der Waals surface area (Å²) >= 11 is 0. The van der Waals surface area contributed by atoms with Crippen LogP contribution in [-0.4, -0.2) is 36.1 Å². The summed E-state index contributed by atoms with van der Waals surface area (Å²) in [5.41, 5.74) is -1.32. The quantitative estimate of drug-likeness (QED) is 0.721. The van der Waals surface area contributed by atoms with Crippen molar-refractivity contribution in [3.05, 3.63) is 18.2 Å². The van der Waals surface area contributed by atoms with E-state index < -0.39 is 11.2 Å². The largest absolute Gasteiger partial charge is 0.454 e. The molecule has 1 aromatic rings. The van der Waals surface area contributed by atoms with E-state index in [9.17, 15) is 0 Å². The first-order chi connectivity index (χ1) is 8.11. The summed E-state index contributed by atoms with van der Waals surface area (Å²) in [5.74, 6) is 1.51. The average molecular weight is 250 g/mol. The highest BCUT2D eigenvalue weighted by Crippen LogP contribution is 2.29. The van der Waals surface area contributed by atoms with Gasteiger partial charge in [-0.3, -0.25) is 0 Å². The average Bonchev–Trinajstić information content (AvgIpc) is 2.62. The molecule has 18 heavy (non-hydrogen) atoms. The van der Waals surface area contributed by atoms with Gasteiger partial charge in [-0.2, -0.15) is 0 Å². The zero-order valence-electron chi connectivity index (χ0n) is 11.2. The Labute approximate surface area is 109 Å². The fraction of sp³-hybridized carbons (Fsp3) is 0.538. The van der Waals surface area contributed by atoms with Crippen LogP contribution in [0, 0.1) is 0 Å². The summed E-state index contributed by atoms with van der Waals surface area (Å²) in [6, 6.07) is 5.34. The van der Waals surface area contributed by atoms with Gasteiger partial charge in [-0.1, -0.05) is 11.5 Å². The van der Waals surface area contributed by atoms with Crippen LogP contribution in [0.4, 0.5) is 0 Å². The minimum atomic E-state index is -1.01. The van der Waals surface area contributed by atoms with Crippen LogP contribution in [0.15, 0.2) is 18.2 Å². The summed E-state index contributed by atoms with van der Waals surface area (Å²) in [5, 5.41) is 18.2. The fourth-order valence-corrected chi connectivity index (χ4v) is 0.913. The van der Waals surface area contributed by atoms with E-state index in [2.05, 4.69) is 0 Å². The van der Waals surface area contributed by atoms with Gasteiger partial charge >= 0.3 is 0 Å². The third kappa shape index (κ3) is 3.93. The molecule has 0 fully saturated rings. The topological polar surface area (TPSA) is 58.9 Å². The van der Waals surface area contributed by atoms with Gasteiger partial charge in [-0.05, 0) is 39.8 Å². The maximum absolute atomic E-state index is 9.10. The number of ether oxygens (including phenoxy) is 2. The summed E-state index contributed by atoms with van der Waals surface area (Å²) in [6.45, 7) is 6.61. The van der Waals surface area contributed by atoms with Gasteiger partial charge in [0.1, 0.15) is 7.85 Å². The normalized spacial score (nSPS) is 13.9. The van der Waals surface area contributed by atoms with Gasteiger partial charge in [-0.25, -0.2) is 0 Å². The zero-order valence-corrected chi connectivity index (χ0v) is 11.2. The maximum atomic E-state index is 9.10. The number of benzene rings is 1. The first-order valence-corrected chi connectivity index (χ1v) is 5.71. The third-order valence-electron chi connectivity index (χ3n) is 2.89. The fourth-order valence-electron chi connectivity index (χ4n) is 0.913. The Bertz CT molecular complexity index is 392. The molecule has 98 valence electrons. The summed E-state index contributed by atoms with van der Waals surface area (Å²) in [4.78, 5) is 0. The predicted molar refractivity (Wildman–Crippen MR) is 70.5 cm³/mol. The molecule has 1 aromatic carbocycles. The van der Waals surface area contributed by atoms with Crippen LogP contribution in [0.25, 0.3) is 0 Å². The van der Waals surface area contributed by atoms with Crippen molar-refractivity contribution in [3.63, 3.8) is 0 Å². The van der Waals surface area contributed by atoms with Crippen molar-refractivity contribution in [1.29, 1.82) is 0 Å². The molecule has 1 heterocycles. The molecular formula is C13H19BO4. The van der Waals surface area contributed by atoms with Crippen LogP contribution >= 0.6 is 0 Å². The van der Waals surface area contributed by atoms with Crippen molar-refractivity contribution in [2.24, 2.45) is 0 Å². The molecule has 0 aliphatic carbocycles. The van der Waals surface area contributed by atoms with E-state index in [4.69, 9.17) is 27.5 Å². The summed E-state index contributed by atoms with van der Waals surface area (Å²) < 4.78 is 10.2. The lowest BCUT2D eigenvalue weighted by atomic mass is 9.90. The van der Waals surface area contributed by atoms with Gasteiger partial charge in [-0.15, -0.1) is 0 Å². The van der Waals surface area contributed by atoms with Crippen LogP contribution < -0.4 is 14.9 Å². The Balaban J connectivity index is 0.000000187. The lowest BCUT2D eigenvalue weighted by Crippen LogP contribution is -2.44. The van der Waals surface area contributed by atoms with Gasteiger partial charge in [0.25, 0.3) is 0 Å². The Hall–Kier alpha value is -1.20. The van der Waals surface area contributed by atoms with E-state index in [1.54, 1.807) is 45.9 Å². The third-order valence-corrected chi connectivity index (χ3v) is 2.89. The molecule has 2 N–H and O–H groups in total. The minimum Gasteiger partial charge on any atom is -0.454 e. The van der Waals surface area contributed by atoms with E-state index >= 15 is 0 Å². The molecule has 0 spiro atoms. The van der Waals surface area contributed by atoms with E-state index in [0.29, 0.717) is 12.3 Å². The molecule has 0 saturated heterocycles. The molecular weight excluding hydrogens is 231 g/mol. The molecule has 1 aliphatic heterocycles. The van der Waals surface area contributed by atoms with E-state index in [1.165, 1.54) is 0 Å². The highest BCUT2D eigenvalue weighted by molar-refractivity contribution is 6.32. The Morgan fingerprint density at radius 2 is 1.50 bits per heavy atom. The molecule has 5 heteroatoms. The van der Waals surface area contributed by atoms with Gasteiger partial charge in [0.15, 0.2) is 11.5 Å². The monoisotopic (exact) mass is 250 g/mol. The first kappa shape index (κ1) is 14.9. The van der Waals surface area contributed by atoms with Gasteiger partial charge in [0.2, 0.25) is 6.79 Å². The molecule has 0 bridgehead atoms. The van der Waals surface area contributed by atoms with Crippen LogP contribution in [-0.2, 0) is 0 Å². The minimum absolute atomic E-state index is 0.304. The van der Waals surface area contributed by atoms with Crippen LogP contribution in [0.1, 0.15) is 27.7 Å². The first-order valence-electron chi connectivity index (χ1n) is 5.71. The molecule has 0 amide bonds. The lowest BCUT2D eigenvalue weighted by molar-refractivity contribution is -0.107. The predicted octanol–water partition coefficient (Wildman–Crippen LogP) is 0.737. The number of hydrogen-bond donors (Lipinski definition) is 2. The Morgan fingerprint density at radius 1 is 1.00 bits per heavy atom. The molecule has 0 unspecified atom stereocenters. The Morgan fingerprint density at radius 3 is 2.00 bits per heavy atom. The second-order valence-electron chi connectivity index (χ2n) is 5.23. The molecule has 2 rings (SSSR count). The second kappa shape index (κ2) is 5.20. The lowest BCUT2D eigenvalue weighted by Gasteiger charge is -2.31. The van der Waals surface area contributed by atoms with E-state index in [1.807, 2.05) is 0 Å². The van der Waals surface area contributed by atoms with Crippen LogP contribution in [0.2, 0.25) is 0 Å². The molecule has 0 atom stereocenters. The number of aliphatic hydroxyl groups is 2. The standard InChI is InChI=1S/C7H5BO2.C6H14O2/c8-5-1-2-6-7(3-5)10-4-9-6;1-5(2,7)6(3,4)8/h1-3H,4H2;7-8H,1-4H3. The smallest absolute Gasteiger partial charge is 0.231 e. The summed E-state index contributed by atoms with van der Waals surface area (Å²) in [7, 11) is 5.50. The molecule has 4 nitrogen and oxygen atoms in total. The Kier molecular flexibility index (Phi) is 4.30. The molecule has 2 radical (unpaired) electrons. The van der Waals surface area contributed by atoms with Crippen molar-refractivity contribution < 1.29 is 19.7 Å². The molecule has 0 aromatic heterocycles. The van der Waals surface area contributed by atoms with Crippen molar-refractivity contribution in [2.45, 2.75) is 38.9 Å². The van der Waals surface area contributed by atoms with Crippen molar-refractivity contribution in [3.8, 4) is 11.5 Å². The zero-order chi connectivity index (χ0) is 14.0. The van der Waals surface area contributed by atoms with Crippen LogP contribution in [0.3, 0.4) is 0 Å². The van der Waals surface area contributed by atoms with E-state index in [0.717, 1.165) is 11.5 Å². The second-order valence-corrected chi connectivity index (χ2v) is 5.23. The number of rotatable bonds is 1. The van der Waals surface area contributed by atoms with Gasteiger partial charge in [0.05, 0.1) is 11.2 Å². The van der Waals surface area contributed by atoms with Crippen molar-refractivity contribution >= 4 is 13.3 Å². The maximum Gasteiger partial charge on any atom is 0.231 e. The van der Waals surface area contributed by atoms with Crippen LogP contribution in [0.5, 0.6) is 11.5 Å². The molecule has 0 saturated carbocycles. The number of fused-ring (bicyclic) bond motifs is 1. The van der Waals surface area contributed by atoms with Gasteiger partial charge < -0.3 is 19.7 Å². The highest BCUT2D eigenvalue weighted by atomic mass is 16.7. The number of hydrogen-bond acceptors (Lipinski definition) is 4. The van der Waals surface area contributed by atoms with Crippen molar-refractivity contribution in [1.82, 2.24) is 0 Å². The van der Waals surface area contributed by atoms with Gasteiger partial charge in [0, 0.05) is 0 Å². The highest BCUT2D eigenvalue weighted by Gasteiger charge is 2.31.